The van der Waals surface area contributed by atoms with Gasteiger partial charge in [0.05, 0.1) is 43.7 Å². The molecule has 19 heteroatoms. The van der Waals surface area contributed by atoms with Crippen LogP contribution in [0.4, 0.5) is 0 Å². The highest BCUT2D eigenvalue weighted by Crippen LogP contribution is 2.16. The molecule has 17 nitrogen and oxygen atoms in total. The Balaban J connectivity index is 4.49. The lowest BCUT2D eigenvalue weighted by Crippen LogP contribution is -2.44. The lowest BCUT2D eigenvalue weighted by molar-refractivity contribution is -0.0477. The van der Waals surface area contributed by atoms with Crippen LogP contribution in [0.1, 0.15) is 33.6 Å². The van der Waals surface area contributed by atoms with Gasteiger partial charge in [-0.25, -0.2) is 0 Å². The second-order valence-corrected chi connectivity index (χ2v) is 19.7. The third-order valence-corrected chi connectivity index (χ3v) is 13.8. The molecule has 0 aromatic carbocycles. The van der Waals surface area contributed by atoms with E-state index in [-0.39, 0.29) is 18.8 Å². The zero-order valence-corrected chi connectivity index (χ0v) is 35.8. The van der Waals surface area contributed by atoms with Crippen molar-refractivity contribution in [2.24, 2.45) is 0 Å². The van der Waals surface area contributed by atoms with Crippen LogP contribution in [-0.4, -0.2) is 209 Å². The van der Waals surface area contributed by atoms with Crippen LogP contribution in [-0.2, 0) is 40.8 Å². The average Bonchev–Trinajstić information content (AvgIpc) is 3.13. The number of ether oxygens (including phenoxy) is 3. The topological polar surface area (TPSA) is 195 Å². The van der Waals surface area contributed by atoms with Crippen molar-refractivity contribution in [3.05, 3.63) is 0 Å². The first-order valence-electron chi connectivity index (χ1n) is 18.5. The van der Waals surface area contributed by atoms with Crippen molar-refractivity contribution in [2.75, 3.05) is 148 Å². The molecule has 0 rings (SSSR count). The predicted molar refractivity (Wildman–Crippen MR) is 206 cm³/mol. The van der Waals surface area contributed by atoms with E-state index in [9.17, 15) is 15.3 Å². The van der Waals surface area contributed by atoms with E-state index in [1.807, 2.05) is 20.8 Å². The minimum atomic E-state index is -2.64. The Kier molecular flexibility index (Phi) is 31.8. The van der Waals surface area contributed by atoms with Crippen LogP contribution < -0.4 is 21.3 Å². The molecule has 0 aromatic heterocycles. The highest BCUT2D eigenvalue weighted by Gasteiger charge is 2.37. The first-order valence-corrected chi connectivity index (χ1v) is 22.4. The van der Waals surface area contributed by atoms with Crippen molar-refractivity contribution in [1.29, 1.82) is 0 Å². The van der Waals surface area contributed by atoms with Gasteiger partial charge >= 0.3 is 17.6 Å². The Morgan fingerprint density at radius 3 is 1.38 bits per heavy atom. The second kappa shape index (κ2) is 31.9. The summed E-state index contributed by atoms with van der Waals surface area (Å²) in [6.45, 7) is 14.9. The minimum Gasteiger partial charge on any atom is -0.389 e. The van der Waals surface area contributed by atoms with E-state index in [1.165, 1.54) is 0 Å². The molecule has 0 saturated carbocycles. The van der Waals surface area contributed by atoms with Gasteiger partial charge in [-0.2, -0.15) is 0 Å². The molecule has 0 spiro atoms. The number of aliphatic hydroxyl groups is 3. The number of hydrogen-bond acceptors (Lipinski definition) is 17. The monoisotopic (exact) mass is 792 g/mol. The van der Waals surface area contributed by atoms with Crippen molar-refractivity contribution >= 4 is 17.6 Å². The molecule has 0 aliphatic carbocycles. The van der Waals surface area contributed by atoms with Gasteiger partial charge in [0.25, 0.3) is 0 Å². The molecule has 0 aliphatic rings. The summed E-state index contributed by atoms with van der Waals surface area (Å²) in [6, 6.07) is 1.27. The fraction of sp³-hybridized carbons (Fsp3) is 1.00. The fourth-order valence-electron chi connectivity index (χ4n) is 5.06. The van der Waals surface area contributed by atoms with E-state index in [0.717, 1.165) is 39.3 Å². The van der Waals surface area contributed by atoms with Crippen LogP contribution in [0.15, 0.2) is 0 Å². The maximum absolute atomic E-state index is 10.8. The molecule has 0 amide bonds. The molecule has 0 aliphatic heterocycles. The standard InChI is InChI=1S/C33H77N5O12Si2/c1-33(2,3)50-29-31(40)25-36-15-14-34-12-13-35-16-18-38(26-32(41)28-49-21-11-23-52(45-7,46-8)47-9)19-17-37-24-30(39)27-48-20-10-22-51(42-4,43-5)44-6/h30-32,34-37,39-41H,10-29H2,1-9H3. The average molecular weight is 792 g/mol. The van der Waals surface area contributed by atoms with Crippen LogP contribution in [0.3, 0.4) is 0 Å². The molecule has 3 unspecified atom stereocenters. The zero-order valence-electron chi connectivity index (χ0n) is 33.8. The number of rotatable bonds is 38. The molecule has 0 aromatic rings. The molecule has 0 saturated heterocycles. The lowest BCUT2D eigenvalue weighted by atomic mass is 10.2. The summed E-state index contributed by atoms with van der Waals surface area (Å²) in [5.74, 6) is 0. The number of nitrogens with zero attached hydrogens (tertiary/aromatic N) is 1. The summed E-state index contributed by atoms with van der Waals surface area (Å²) in [5.41, 5.74) is -0.261. The van der Waals surface area contributed by atoms with Crippen LogP contribution in [0.5, 0.6) is 0 Å². The summed E-state index contributed by atoms with van der Waals surface area (Å²) < 4.78 is 49.7. The summed E-state index contributed by atoms with van der Waals surface area (Å²) in [6.07, 6.45) is -0.423. The van der Waals surface area contributed by atoms with Crippen molar-refractivity contribution in [3.63, 3.8) is 0 Å². The normalized spacial score (nSPS) is 14.7. The van der Waals surface area contributed by atoms with E-state index < -0.39 is 35.9 Å². The zero-order chi connectivity index (χ0) is 39.1. The minimum absolute atomic E-state index is 0.219. The molecule has 7 N–H and O–H groups in total. The van der Waals surface area contributed by atoms with Gasteiger partial charge < -0.3 is 77.4 Å². The van der Waals surface area contributed by atoms with Gasteiger partial charge in [-0.05, 0) is 33.6 Å². The number of nitrogens with one attached hydrogen (secondary N) is 4. The maximum atomic E-state index is 10.8. The molecule has 52 heavy (non-hydrogen) atoms. The van der Waals surface area contributed by atoms with Gasteiger partial charge in [0.15, 0.2) is 0 Å². The van der Waals surface area contributed by atoms with E-state index in [1.54, 1.807) is 42.7 Å². The van der Waals surface area contributed by atoms with E-state index in [0.29, 0.717) is 77.5 Å². The quantitative estimate of drug-likeness (QED) is 0.0301. The van der Waals surface area contributed by atoms with Gasteiger partial charge in [-0.3, -0.25) is 4.90 Å². The largest absolute Gasteiger partial charge is 0.500 e. The Morgan fingerprint density at radius 1 is 0.538 bits per heavy atom. The summed E-state index contributed by atoms with van der Waals surface area (Å²) in [4.78, 5) is 2.18. The SMILES string of the molecule is CO[Si](CCCOCC(O)CNCCN(CCNCCNCCNCC(O)COC(C)(C)C)CC(O)COCCC[Si](OC)(OC)OC)(OC)OC. The van der Waals surface area contributed by atoms with Crippen molar-refractivity contribution in [1.82, 2.24) is 26.2 Å². The Labute approximate surface area is 316 Å². The molecule has 0 heterocycles. The summed E-state index contributed by atoms with van der Waals surface area (Å²) in [7, 11) is 4.28. The van der Waals surface area contributed by atoms with Crippen LogP contribution >= 0.6 is 0 Å². The molecule has 0 bridgehead atoms. The highest BCUT2D eigenvalue weighted by molar-refractivity contribution is 6.60. The second-order valence-electron chi connectivity index (χ2n) is 13.5. The first kappa shape index (κ1) is 51.8. The maximum Gasteiger partial charge on any atom is 0.500 e. The van der Waals surface area contributed by atoms with E-state index in [2.05, 4.69) is 26.2 Å². The number of aliphatic hydroxyl groups excluding tert-OH is 3. The van der Waals surface area contributed by atoms with Crippen molar-refractivity contribution in [2.45, 2.75) is 69.6 Å². The van der Waals surface area contributed by atoms with E-state index in [4.69, 9.17) is 40.8 Å². The lowest BCUT2D eigenvalue weighted by Gasteiger charge is -2.26. The Morgan fingerprint density at radius 2 is 0.923 bits per heavy atom. The molecule has 0 fully saturated rings. The molecular weight excluding hydrogens is 715 g/mol. The van der Waals surface area contributed by atoms with Gasteiger partial charge in [0.2, 0.25) is 0 Å². The van der Waals surface area contributed by atoms with Gasteiger partial charge in [0, 0.05) is 140 Å². The molecule has 3 atom stereocenters. The Bertz CT molecular complexity index is 788. The van der Waals surface area contributed by atoms with Crippen LogP contribution in [0.25, 0.3) is 0 Å². The van der Waals surface area contributed by atoms with Crippen LogP contribution in [0.2, 0.25) is 12.1 Å². The summed E-state index contributed by atoms with van der Waals surface area (Å²) in [5, 5.41) is 44.5. The van der Waals surface area contributed by atoms with E-state index >= 15 is 0 Å². The predicted octanol–water partition coefficient (Wildman–Crippen LogP) is -0.886. The van der Waals surface area contributed by atoms with Gasteiger partial charge in [0.1, 0.15) is 0 Å². The molecular formula is C33H77N5O12Si2. The van der Waals surface area contributed by atoms with Gasteiger partial charge in [-0.1, -0.05) is 0 Å². The first-order chi connectivity index (χ1) is 24.8. The van der Waals surface area contributed by atoms with Gasteiger partial charge in [-0.15, -0.1) is 0 Å². The highest BCUT2D eigenvalue weighted by atomic mass is 28.4. The summed E-state index contributed by atoms with van der Waals surface area (Å²) >= 11 is 0. The van der Waals surface area contributed by atoms with Crippen molar-refractivity contribution in [3.8, 4) is 0 Å². The Hall–Kier alpha value is -0.246. The smallest absolute Gasteiger partial charge is 0.389 e. The molecule has 314 valence electrons. The van der Waals surface area contributed by atoms with Crippen molar-refractivity contribution < 1.29 is 56.1 Å². The fourth-order valence-corrected chi connectivity index (χ4v) is 8.44. The molecule has 0 radical (unpaired) electrons. The third kappa shape index (κ3) is 27.4. The third-order valence-electron chi connectivity index (χ3n) is 8.13. The number of hydrogen-bond donors (Lipinski definition) is 7. The van der Waals surface area contributed by atoms with Crippen LogP contribution in [0, 0.1) is 0 Å².